The fourth-order valence-electron chi connectivity index (χ4n) is 2.43. The molecular formula is C16H19FN2O3S. The van der Waals surface area contributed by atoms with Gasteiger partial charge in [0.25, 0.3) is 5.91 Å². The molecule has 1 aromatic rings. The molecule has 2 rings (SSSR count). The van der Waals surface area contributed by atoms with Gasteiger partial charge in [0.2, 0.25) is 0 Å². The van der Waals surface area contributed by atoms with Gasteiger partial charge in [-0.15, -0.1) is 0 Å². The van der Waals surface area contributed by atoms with E-state index in [4.69, 9.17) is 17.0 Å². The fourth-order valence-corrected chi connectivity index (χ4v) is 2.70. The molecule has 0 spiro atoms. The van der Waals surface area contributed by atoms with Gasteiger partial charge in [0, 0.05) is 18.7 Å². The van der Waals surface area contributed by atoms with Crippen LogP contribution in [0.1, 0.15) is 30.1 Å². The number of benzene rings is 1. The van der Waals surface area contributed by atoms with E-state index in [0.717, 1.165) is 0 Å². The minimum Gasteiger partial charge on any atom is -0.466 e. The Kier molecular flexibility index (Phi) is 6.04. The van der Waals surface area contributed by atoms with E-state index in [2.05, 4.69) is 5.32 Å². The highest BCUT2D eigenvalue weighted by atomic mass is 32.1. The molecule has 1 aliphatic heterocycles. The smallest absolute Gasteiger partial charge is 0.309 e. The van der Waals surface area contributed by atoms with Crippen LogP contribution in [0.5, 0.6) is 0 Å². The maximum Gasteiger partial charge on any atom is 0.309 e. The molecule has 1 fully saturated rings. The van der Waals surface area contributed by atoms with Crippen molar-refractivity contribution in [1.82, 2.24) is 10.2 Å². The summed E-state index contributed by atoms with van der Waals surface area (Å²) in [4.78, 5) is 25.6. The van der Waals surface area contributed by atoms with Crippen LogP contribution >= 0.6 is 12.2 Å². The lowest BCUT2D eigenvalue weighted by molar-refractivity contribution is -0.149. The number of esters is 1. The molecule has 0 atom stereocenters. The lowest BCUT2D eigenvalue weighted by Crippen LogP contribution is -2.47. The number of carbonyl (C=O) groups excluding carboxylic acids is 2. The average Bonchev–Trinajstić information content (AvgIpc) is 2.55. The SMILES string of the molecule is CCOC(=O)C1CCN(C(=S)NC(=O)c2ccc(F)cc2)CC1. The van der Waals surface area contributed by atoms with E-state index >= 15 is 0 Å². The molecule has 124 valence electrons. The zero-order valence-corrected chi connectivity index (χ0v) is 13.7. The minimum atomic E-state index is -0.398. The zero-order chi connectivity index (χ0) is 16.8. The summed E-state index contributed by atoms with van der Waals surface area (Å²) in [6.45, 7) is 3.34. The van der Waals surface area contributed by atoms with Crippen LogP contribution in [0.4, 0.5) is 4.39 Å². The molecule has 0 unspecified atom stereocenters. The first-order valence-corrected chi connectivity index (χ1v) is 7.94. The summed E-state index contributed by atoms with van der Waals surface area (Å²) in [6, 6.07) is 5.26. The van der Waals surface area contributed by atoms with Crippen molar-refractivity contribution in [3.63, 3.8) is 0 Å². The number of hydrogen-bond donors (Lipinski definition) is 1. The molecule has 23 heavy (non-hydrogen) atoms. The van der Waals surface area contributed by atoms with Gasteiger partial charge in [0.1, 0.15) is 5.82 Å². The number of carbonyl (C=O) groups is 2. The van der Waals surface area contributed by atoms with Gasteiger partial charge in [-0.2, -0.15) is 0 Å². The molecule has 1 N–H and O–H groups in total. The van der Waals surface area contributed by atoms with Crippen molar-refractivity contribution >= 4 is 29.2 Å². The van der Waals surface area contributed by atoms with Crippen LogP contribution in [0.3, 0.4) is 0 Å². The Balaban J connectivity index is 1.84. The van der Waals surface area contributed by atoms with E-state index in [1.165, 1.54) is 24.3 Å². The van der Waals surface area contributed by atoms with Gasteiger partial charge in [-0.1, -0.05) is 0 Å². The first-order valence-electron chi connectivity index (χ1n) is 7.53. The molecule has 1 aromatic carbocycles. The van der Waals surface area contributed by atoms with Crippen LogP contribution in [0.2, 0.25) is 0 Å². The Labute approximate surface area is 139 Å². The van der Waals surface area contributed by atoms with Crippen molar-refractivity contribution in [2.45, 2.75) is 19.8 Å². The second kappa shape index (κ2) is 8.01. The second-order valence-electron chi connectivity index (χ2n) is 5.28. The third kappa shape index (κ3) is 4.72. The Morgan fingerprint density at radius 2 is 1.91 bits per heavy atom. The maximum absolute atomic E-state index is 12.9. The van der Waals surface area contributed by atoms with E-state index in [0.29, 0.717) is 43.2 Å². The number of thiocarbonyl (C=S) groups is 1. The van der Waals surface area contributed by atoms with Gasteiger partial charge in [0.15, 0.2) is 5.11 Å². The summed E-state index contributed by atoms with van der Waals surface area (Å²) in [5, 5.41) is 2.96. The Hall–Kier alpha value is -2.02. The van der Waals surface area contributed by atoms with Crippen molar-refractivity contribution in [2.24, 2.45) is 5.92 Å². The molecule has 1 saturated heterocycles. The molecule has 0 aliphatic carbocycles. The van der Waals surface area contributed by atoms with Gasteiger partial charge in [0.05, 0.1) is 12.5 Å². The van der Waals surface area contributed by atoms with Gasteiger partial charge in [-0.3, -0.25) is 14.9 Å². The average molecular weight is 338 g/mol. The zero-order valence-electron chi connectivity index (χ0n) is 12.9. The quantitative estimate of drug-likeness (QED) is 0.676. The number of amides is 1. The Bertz CT molecular complexity index is 583. The lowest BCUT2D eigenvalue weighted by Gasteiger charge is -2.32. The molecule has 0 bridgehead atoms. The van der Waals surface area contributed by atoms with Crippen molar-refractivity contribution < 1.29 is 18.7 Å². The fraction of sp³-hybridized carbons (Fsp3) is 0.438. The van der Waals surface area contributed by atoms with Crippen molar-refractivity contribution in [1.29, 1.82) is 0 Å². The summed E-state index contributed by atoms with van der Waals surface area (Å²) < 4.78 is 17.9. The predicted molar refractivity (Wildman–Crippen MR) is 87.4 cm³/mol. The molecule has 0 radical (unpaired) electrons. The van der Waals surface area contributed by atoms with E-state index in [9.17, 15) is 14.0 Å². The summed E-state index contributed by atoms with van der Waals surface area (Å²) in [5.41, 5.74) is 0.343. The number of rotatable bonds is 3. The van der Waals surface area contributed by atoms with Crippen LogP contribution in [-0.2, 0) is 9.53 Å². The number of likely N-dealkylation sites (tertiary alicyclic amines) is 1. The van der Waals surface area contributed by atoms with Crippen LogP contribution in [0.15, 0.2) is 24.3 Å². The highest BCUT2D eigenvalue weighted by molar-refractivity contribution is 7.80. The summed E-state index contributed by atoms with van der Waals surface area (Å²) in [7, 11) is 0. The monoisotopic (exact) mass is 338 g/mol. The predicted octanol–water partition coefficient (Wildman–Crippen LogP) is 2.12. The van der Waals surface area contributed by atoms with Crippen LogP contribution in [0, 0.1) is 11.7 Å². The highest BCUT2D eigenvalue weighted by Gasteiger charge is 2.27. The molecule has 0 saturated carbocycles. The maximum atomic E-state index is 12.9. The molecular weight excluding hydrogens is 319 g/mol. The number of nitrogens with one attached hydrogen (secondary N) is 1. The van der Waals surface area contributed by atoms with Crippen molar-refractivity contribution in [3.05, 3.63) is 35.6 Å². The standard InChI is InChI=1S/C16H19FN2O3S/c1-2-22-15(21)12-7-9-19(10-8-12)16(23)18-14(20)11-3-5-13(17)6-4-11/h3-6,12H,2,7-10H2,1H3,(H,18,20,23). The first kappa shape index (κ1) is 17.3. The second-order valence-corrected chi connectivity index (χ2v) is 5.67. The van der Waals surface area contributed by atoms with Gasteiger partial charge < -0.3 is 9.64 Å². The number of halogens is 1. The number of piperidine rings is 1. The molecule has 1 aliphatic rings. The third-order valence-electron chi connectivity index (χ3n) is 3.73. The molecule has 1 heterocycles. The summed E-state index contributed by atoms with van der Waals surface area (Å²) in [6.07, 6.45) is 1.29. The molecule has 5 nitrogen and oxygen atoms in total. The molecule has 0 aromatic heterocycles. The summed E-state index contributed by atoms with van der Waals surface area (Å²) in [5.74, 6) is -1.05. The van der Waals surface area contributed by atoms with Gasteiger partial charge >= 0.3 is 5.97 Å². The summed E-state index contributed by atoms with van der Waals surface area (Å²) >= 11 is 5.24. The lowest BCUT2D eigenvalue weighted by atomic mass is 9.97. The molecule has 1 amide bonds. The van der Waals surface area contributed by atoms with E-state index in [-0.39, 0.29) is 17.8 Å². The van der Waals surface area contributed by atoms with Crippen LogP contribution in [0.25, 0.3) is 0 Å². The van der Waals surface area contributed by atoms with E-state index in [1.54, 1.807) is 6.92 Å². The number of ether oxygens (including phenoxy) is 1. The van der Waals surface area contributed by atoms with Crippen LogP contribution < -0.4 is 5.32 Å². The Morgan fingerprint density at radius 1 is 1.30 bits per heavy atom. The topological polar surface area (TPSA) is 58.6 Å². The minimum absolute atomic E-state index is 0.109. The normalized spacial score (nSPS) is 15.1. The van der Waals surface area contributed by atoms with E-state index < -0.39 is 5.82 Å². The third-order valence-corrected chi connectivity index (χ3v) is 4.09. The van der Waals surface area contributed by atoms with E-state index in [1.807, 2.05) is 4.90 Å². The number of hydrogen-bond acceptors (Lipinski definition) is 4. The van der Waals surface area contributed by atoms with Gasteiger partial charge in [-0.05, 0) is 56.2 Å². The van der Waals surface area contributed by atoms with Crippen molar-refractivity contribution in [2.75, 3.05) is 19.7 Å². The largest absolute Gasteiger partial charge is 0.466 e. The van der Waals surface area contributed by atoms with Gasteiger partial charge in [-0.25, -0.2) is 4.39 Å². The highest BCUT2D eigenvalue weighted by Crippen LogP contribution is 2.18. The molecule has 7 heteroatoms. The Morgan fingerprint density at radius 3 is 2.48 bits per heavy atom. The first-order chi connectivity index (χ1) is 11.0. The number of nitrogens with zero attached hydrogens (tertiary/aromatic N) is 1. The van der Waals surface area contributed by atoms with Crippen LogP contribution in [-0.4, -0.2) is 41.6 Å². The van der Waals surface area contributed by atoms with Crippen molar-refractivity contribution in [3.8, 4) is 0 Å².